The Hall–Kier alpha value is -2.31. The van der Waals surface area contributed by atoms with Crippen LogP contribution >= 0.6 is 0 Å². The van der Waals surface area contributed by atoms with E-state index in [1.54, 1.807) is 0 Å². The number of rotatable bonds is 6. The summed E-state index contributed by atoms with van der Waals surface area (Å²) in [6.45, 7) is 13.2. The Balaban J connectivity index is 1.77. The third kappa shape index (κ3) is 6.08. The predicted molar refractivity (Wildman–Crippen MR) is 116 cm³/mol. The van der Waals surface area contributed by atoms with Gasteiger partial charge in [-0.2, -0.15) is 0 Å². The van der Waals surface area contributed by atoms with Crippen molar-refractivity contribution in [3.05, 3.63) is 42.1 Å². The fraction of sp³-hybridized carbons (Fsp3) is 0.522. The predicted octanol–water partition coefficient (Wildman–Crippen LogP) is 4.53. The van der Waals surface area contributed by atoms with Gasteiger partial charge in [-0.25, -0.2) is 4.79 Å². The van der Waals surface area contributed by atoms with Gasteiger partial charge in [-0.3, -0.25) is 10.2 Å². The van der Waals surface area contributed by atoms with Crippen LogP contribution in [0.25, 0.3) is 11.3 Å². The molecule has 1 aliphatic rings. The highest BCUT2D eigenvalue weighted by Gasteiger charge is 2.20. The molecule has 1 amide bonds. The third-order valence-electron chi connectivity index (χ3n) is 5.03. The van der Waals surface area contributed by atoms with Gasteiger partial charge in [0.05, 0.1) is 24.6 Å². The average Bonchev–Trinajstić information content (AvgIpc) is 2.98. The SMILES string of the molecule is Cc1c(NC(=O)OC(C)(C)C)cc(-c2ccccc2)n1CCCN1CCOCC1. The number of benzene rings is 1. The van der Waals surface area contributed by atoms with Gasteiger partial charge in [0.25, 0.3) is 0 Å². The number of ether oxygens (including phenoxy) is 2. The first-order valence-electron chi connectivity index (χ1n) is 10.4. The fourth-order valence-corrected chi connectivity index (χ4v) is 3.60. The van der Waals surface area contributed by atoms with Crippen LogP contribution in [0.2, 0.25) is 0 Å². The second kappa shape index (κ2) is 9.46. The molecule has 0 atom stereocenters. The minimum absolute atomic E-state index is 0.425. The van der Waals surface area contributed by atoms with Crippen molar-refractivity contribution in [2.75, 3.05) is 38.2 Å². The lowest BCUT2D eigenvalue weighted by molar-refractivity contribution is 0.0369. The molecule has 2 aromatic rings. The number of hydrogen-bond acceptors (Lipinski definition) is 4. The lowest BCUT2D eigenvalue weighted by Gasteiger charge is -2.26. The Morgan fingerprint density at radius 1 is 1.14 bits per heavy atom. The zero-order chi connectivity index (χ0) is 20.9. The lowest BCUT2D eigenvalue weighted by atomic mass is 10.1. The van der Waals surface area contributed by atoms with Crippen LogP contribution in [0.3, 0.4) is 0 Å². The molecule has 2 heterocycles. The van der Waals surface area contributed by atoms with Crippen LogP contribution < -0.4 is 5.32 Å². The molecular weight excluding hydrogens is 366 g/mol. The van der Waals surface area contributed by atoms with Gasteiger partial charge in [-0.15, -0.1) is 0 Å². The first-order valence-corrected chi connectivity index (χ1v) is 10.4. The average molecular weight is 400 g/mol. The maximum Gasteiger partial charge on any atom is 0.412 e. The van der Waals surface area contributed by atoms with Crippen molar-refractivity contribution in [1.29, 1.82) is 0 Å². The van der Waals surface area contributed by atoms with Crippen LogP contribution in [0.15, 0.2) is 36.4 Å². The number of nitrogens with zero attached hydrogens (tertiary/aromatic N) is 2. The number of carbonyl (C=O) groups excluding carboxylic acids is 1. The van der Waals surface area contributed by atoms with Crippen molar-refractivity contribution in [3.8, 4) is 11.3 Å². The Labute approximate surface area is 173 Å². The Bertz CT molecular complexity index is 803. The molecule has 1 aromatic heterocycles. The van der Waals surface area contributed by atoms with Crippen molar-refractivity contribution in [1.82, 2.24) is 9.47 Å². The van der Waals surface area contributed by atoms with Crippen LogP contribution in [0.4, 0.5) is 10.5 Å². The van der Waals surface area contributed by atoms with E-state index in [1.807, 2.05) is 52.0 Å². The van der Waals surface area contributed by atoms with E-state index in [4.69, 9.17) is 9.47 Å². The van der Waals surface area contributed by atoms with Crippen LogP contribution in [0, 0.1) is 6.92 Å². The number of hydrogen-bond donors (Lipinski definition) is 1. The van der Waals surface area contributed by atoms with E-state index in [0.29, 0.717) is 0 Å². The normalized spacial score (nSPS) is 15.3. The molecule has 1 saturated heterocycles. The highest BCUT2D eigenvalue weighted by atomic mass is 16.6. The summed E-state index contributed by atoms with van der Waals surface area (Å²) in [6.07, 6.45) is 0.618. The number of morpholine rings is 1. The van der Waals surface area contributed by atoms with E-state index in [2.05, 4.69) is 26.9 Å². The van der Waals surface area contributed by atoms with Crippen LogP contribution in [-0.2, 0) is 16.0 Å². The van der Waals surface area contributed by atoms with Crippen LogP contribution in [0.1, 0.15) is 32.9 Å². The second-order valence-corrected chi connectivity index (χ2v) is 8.48. The van der Waals surface area contributed by atoms with Crippen LogP contribution in [-0.4, -0.2) is 54.0 Å². The summed E-state index contributed by atoms with van der Waals surface area (Å²) in [6, 6.07) is 12.3. The molecule has 1 N–H and O–H groups in total. The van der Waals surface area contributed by atoms with Gasteiger partial charge < -0.3 is 14.0 Å². The molecule has 1 aromatic carbocycles. The van der Waals surface area contributed by atoms with Crippen molar-refractivity contribution in [2.24, 2.45) is 0 Å². The topological polar surface area (TPSA) is 55.7 Å². The third-order valence-corrected chi connectivity index (χ3v) is 5.03. The van der Waals surface area contributed by atoms with Crippen LogP contribution in [0.5, 0.6) is 0 Å². The second-order valence-electron chi connectivity index (χ2n) is 8.48. The highest BCUT2D eigenvalue weighted by Crippen LogP contribution is 2.30. The van der Waals surface area contributed by atoms with E-state index in [0.717, 1.165) is 68.5 Å². The monoisotopic (exact) mass is 399 g/mol. The number of aromatic nitrogens is 1. The number of anilines is 1. The first-order chi connectivity index (χ1) is 13.8. The lowest BCUT2D eigenvalue weighted by Crippen LogP contribution is -2.37. The fourth-order valence-electron chi connectivity index (χ4n) is 3.60. The number of nitrogens with one attached hydrogen (secondary N) is 1. The number of carbonyl (C=O) groups is 1. The molecule has 0 saturated carbocycles. The Morgan fingerprint density at radius 3 is 2.48 bits per heavy atom. The summed E-state index contributed by atoms with van der Waals surface area (Å²) in [5, 5.41) is 2.93. The molecule has 1 fully saturated rings. The van der Waals surface area contributed by atoms with E-state index in [9.17, 15) is 4.79 Å². The molecule has 0 bridgehead atoms. The molecule has 0 spiro atoms. The molecule has 0 unspecified atom stereocenters. The molecular formula is C23H33N3O3. The summed E-state index contributed by atoms with van der Waals surface area (Å²) in [5.41, 5.74) is 3.55. The van der Waals surface area contributed by atoms with Gasteiger partial charge in [-0.05, 0) is 45.7 Å². The molecule has 158 valence electrons. The van der Waals surface area contributed by atoms with Crippen molar-refractivity contribution < 1.29 is 14.3 Å². The Morgan fingerprint density at radius 2 is 1.83 bits per heavy atom. The Kier molecular flexibility index (Phi) is 6.98. The first kappa shape index (κ1) is 21.4. The zero-order valence-corrected chi connectivity index (χ0v) is 18.0. The smallest absolute Gasteiger partial charge is 0.412 e. The molecule has 6 heteroatoms. The maximum atomic E-state index is 12.3. The minimum Gasteiger partial charge on any atom is -0.444 e. The standard InChI is InChI=1S/C23H33N3O3/c1-18-20(24-22(27)29-23(2,3)4)17-21(19-9-6-5-7-10-19)26(18)12-8-11-25-13-15-28-16-14-25/h5-7,9-10,17H,8,11-16H2,1-4H3,(H,24,27). The van der Waals surface area contributed by atoms with Gasteiger partial charge >= 0.3 is 6.09 Å². The summed E-state index contributed by atoms with van der Waals surface area (Å²) >= 11 is 0. The van der Waals surface area contributed by atoms with E-state index in [1.165, 1.54) is 0 Å². The van der Waals surface area contributed by atoms with Gasteiger partial charge in [0.15, 0.2) is 0 Å². The highest BCUT2D eigenvalue weighted by molar-refractivity contribution is 5.87. The summed E-state index contributed by atoms with van der Waals surface area (Å²) in [5.74, 6) is 0. The molecule has 0 aliphatic carbocycles. The summed E-state index contributed by atoms with van der Waals surface area (Å²) in [7, 11) is 0. The van der Waals surface area contributed by atoms with Gasteiger partial charge in [0, 0.05) is 31.9 Å². The van der Waals surface area contributed by atoms with Crippen molar-refractivity contribution >= 4 is 11.8 Å². The van der Waals surface area contributed by atoms with E-state index < -0.39 is 11.7 Å². The van der Waals surface area contributed by atoms with E-state index in [-0.39, 0.29) is 0 Å². The molecule has 3 rings (SSSR count). The van der Waals surface area contributed by atoms with Gasteiger partial charge in [-0.1, -0.05) is 30.3 Å². The maximum absolute atomic E-state index is 12.3. The van der Waals surface area contributed by atoms with Gasteiger partial charge in [0.2, 0.25) is 0 Å². The molecule has 0 radical (unpaired) electrons. The van der Waals surface area contributed by atoms with Crippen molar-refractivity contribution in [2.45, 2.75) is 46.3 Å². The number of amides is 1. The van der Waals surface area contributed by atoms with E-state index >= 15 is 0 Å². The largest absolute Gasteiger partial charge is 0.444 e. The molecule has 29 heavy (non-hydrogen) atoms. The minimum atomic E-state index is -0.527. The summed E-state index contributed by atoms with van der Waals surface area (Å²) < 4.78 is 13.2. The zero-order valence-electron chi connectivity index (χ0n) is 18.0. The quantitative estimate of drug-likeness (QED) is 0.775. The molecule has 1 aliphatic heterocycles. The van der Waals surface area contributed by atoms with Gasteiger partial charge in [0.1, 0.15) is 5.60 Å². The summed E-state index contributed by atoms with van der Waals surface area (Å²) in [4.78, 5) is 14.7. The van der Waals surface area contributed by atoms with Crippen molar-refractivity contribution in [3.63, 3.8) is 0 Å². The molecule has 6 nitrogen and oxygen atoms in total.